The second kappa shape index (κ2) is 6.14. The van der Waals surface area contributed by atoms with Crippen molar-refractivity contribution in [3.63, 3.8) is 0 Å². The zero-order chi connectivity index (χ0) is 11.5. The van der Waals surface area contributed by atoms with Crippen LogP contribution < -0.4 is 21.1 Å². The zero-order valence-electron chi connectivity index (χ0n) is 8.56. The third-order valence-corrected chi connectivity index (χ3v) is 8.12. The van der Waals surface area contributed by atoms with Crippen molar-refractivity contribution in [3.05, 3.63) is 23.8 Å². The molecular formula is C9H14I2O3P-. The first kappa shape index (κ1) is 14.2. The maximum atomic E-state index is 11.1. The van der Waals surface area contributed by atoms with Crippen LogP contribution in [0, 0.1) is 5.92 Å². The van der Waals surface area contributed by atoms with Gasteiger partial charge in [-0.3, -0.25) is 0 Å². The maximum absolute atomic E-state index is 11.1. The molecule has 6 heteroatoms. The van der Waals surface area contributed by atoms with Crippen molar-refractivity contribution in [2.24, 2.45) is 5.92 Å². The molecule has 3 atom stereocenters. The first-order valence-electron chi connectivity index (χ1n) is 4.64. The molecule has 1 rings (SSSR count). The molecule has 15 heavy (non-hydrogen) atoms. The van der Waals surface area contributed by atoms with Crippen LogP contribution in [-0.4, -0.2) is 11.0 Å². The number of hydrogen-bond donors (Lipinski definition) is 1. The van der Waals surface area contributed by atoms with Gasteiger partial charge in [-0.2, -0.15) is 0 Å². The van der Waals surface area contributed by atoms with Crippen LogP contribution in [0.25, 0.3) is 0 Å². The fraction of sp³-hybridized carbons (Fsp3) is 0.556. The van der Waals surface area contributed by atoms with E-state index in [-0.39, 0.29) is 6.10 Å². The van der Waals surface area contributed by atoms with Crippen LogP contribution in [0.4, 0.5) is 0 Å². The van der Waals surface area contributed by atoms with Gasteiger partial charge in [-0.05, 0) is 0 Å². The van der Waals surface area contributed by atoms with E-state index in [1.165, 1.54) is 5.57 Å². The summed E-state index contributed by atoms with van der Waals surface area (Å²) in [5, 5.41) is 0. The first-order chi connectivity index (χ1) is 6.92. The monoisotopic (exact) mass is 455 g/mol. The summed E-state index contributed by atoms with van der Waals surface area (Å²) in [6, 6.07) is 0. The van der Waals surface area contributed by atoms with Crippen molar-refractivity contribution in [2.75, 3.05) is 0 Å². The summed E-state index contributed by atoms with van der Waals surface area (Å²) < 4.78 is 13.7. The molecule has 0 amide bonds. The van der Waals surface area contributed by atoms with Crippen LogP contribution in [0.5, 0.6) is 0 Å². The molecule has 3 nitrogen and oxygen atoms in total. The summed E-state index contributed by atoms with van der Waals surface area (Å²) >= 11 is 0.517. The van der Waals surface area contributed by atoms with Gasteiger partial charge in [0.2, 0.25) is 0 Å². The standard InChI is InChI=1S/C9H14I2O3P/c1-3-8-6-7(2)4-5-9(8)14-11-15(10,12)13/h4-6,8-9H,3H2,1-2H3,(H,12,13)/q-1. The average Bonchev–Trinajstić information content (AvgIpc) is 2.14. The van der Waals surface area contributed by atoms with Crippen molar-refractivity contribution in [1.29, 1.82) is 0 Å². The second-order valence-corrected chi connectivity index (χ2v) is 19.5. The van der Waals surface area contributed by atoms with Crippen LogP contribution in [0.1, 0.15) is 20.3 Å². The van der Waals surface area contributed by atoms with Gasteiger partial charge in [-0.25, -0.2) is 0 Å². The van der Waals surface area contributed by atoms with Crippen molar-refractivity contribution >= 4 is 24.7 Å². The molecule has 88 valence electrons. The van der Waals surface area contributed by atoms with Crippen molar-refractivity contribution < 1.29 is 33.6 Å². The molecule has 0 aromatic heterocycles. The van der Waals surface area contributed by atoms with Gasteiger partial charge in [0.05, 0.1) is 0 Å². The molecule has 0 radical (unpaired) electrons. The molecule has 0 spiro atoms. The van der Waals surface area contributed by atoms with E-state index in [9.17, 15) is 9.46 Å². The molecule has 3 unspecified atom stereocenters. The summed E-state index contributed by atoms with van der Waals surface area (Å²) in [6.45, 7) is 4.16. The summed E-state index contributed by atoms with van der Waals surface area (Å²) in [5.74, 6) is 0.345. The summed E-state index contributed by atoms with van der Waals surface area (Å²) in [7, 11) is 0. The van der Waals surface area contributed by atoms with Gasteiger partial charge in [-0.15, -0.1) is 0 Å². The number of allylic oxidation sites excluding steroid dienone is 2. The molecule has 0 fully saturated rings. The molecule has 0 aromatic carbocycles. The molecule has 0 aliphatic heterocycles. The van der Waals surface area contributed by atoms with Crippen LogP contribution in [0.15, 0.2) is 23.8 Å². The third kappa shape index (κ3) is 5.30. The molecule has 1 N–H and O–H groups in total. The van der Waals surface area contributed by atoms with Gasteiger partial charge in [0.1, 0.15) is 0 Å². The number of hydrogen-bond acceptors (Lipinski definition) is 2. The van der Waals surface area contributed by atoms with E-state index in [1.54, 1.807) is 22.0 Å². The zero-order valence-corrected chi connectivity index (χ0v) is 13.8. The molecule has 0 heterocycles. The second-order valence-electron chi connectivity index (χ2n) is 3.40. The fourth-order valence-electron chi connectivity index (χ4n) is 1.42. The topological polar surface area (TPSA) is 46.5 Å². The Kier molecular flexibility index (Phi) is 5.79. The number of halogens is 2. The van der Waals surface area contributed by atoms with Crippen LogP contribution in [-0.2, 0) is 7.63 Å². The molecule has 0 saturated carbocycles. The van der Waals surface area contributed by atoms with Crippen LogP contribution in [0.3, 0.4) is 0 Å². The molecular weight excluding hydrogens is 441 g/mol. The first-order valence-corrected chi connectivity index (χ1v) is 12.7. The Hall–Kier alpha value is 1.09. The van der Waals surface area contributed by atoms with Crippen molar-refractivity contribution in [3.8, 4) is 0 Å². The Labute approximate surface area is 113 Å². The Balaban J connectivity index is 2.56. The van der Waals surface area contributed by atoms with Gasteiger partial charge in [0.15, 0.2) is 0 Å². The minimum atomic E-state index is -2.98. The van der Waals surface area contributed by atoms with E-state index in [0.717, 1.165) is 6.42 Å². The summed E-state index contributed by atoms with van der Waals surface area (Å²) in [4.78, 5) is 9.19. The Morgan fingerprint density at radius 1 is 1.73 bits per heavy atom. The van der Waals surface area contributed by atoms with Crippen molar-refractivity contribution in [2.45, 2.75) is 26.4 Å². The molecule has 0 saturated heterocycles. The van der Waals surface area contributed by atoms with Crippen LogP contribution in [0.2, 0.25) is 0 Å². The Morgan fingerprint density at radius 3 is 2.93 bits per heavy atom. The SMILES string of the molecule is CCC1C=C(C)C=CC1O[I-]P(=O)(O)I. The van der Waals surface area contributed by atoms with Crippen molar-refractivity contribution in [1.82, 2.24) is 0 Å². The van der Waals surface area contributed by atoms with Gasteiger partial charge in [0.25, 0.3) is 0 Å². The van der Waals surface area contributed by atoms with E-state index in [1.807, 2.05) is 12.2 Å². The quantitative estimate of drug-likeness (QED) is 0.496. The van der Waals surface area contributed by atoms with Gasteiger partial charge < -0.3 is 0 Å². The van der Waals surface area contributed by atoms with Crippen LogP contribution >= 0.6 is 24.7 Å². The number of rotatable bonds is 4. The molecule has 0 bridgehead atoms. The van der Waals surface area contributed by atoms with Gasteiger partial charge >= 0.3 is 114 Å². The Bertz CT molecular complexity index is 321. The Morgan fingerprint density at radius 2 is 2.40 bits per heavy atom. The fourth-order valence-corrected chi connectivity index (χ4v) is 5.51. The summed E-state index contributed by atoms with van der Waals surface area (Å²) in [5.41, 5.74) is 1.24. The van der Waals surface area contributed by atoms with E-state index >= 15 is 0 Å². The van der Waals surface area contributed by atoms with E-state index in [2.05, 4.69) is 19.9 Å². The molecule has 1 aliphatic rings. The summed E-state index contributed by atoms with van der Waals surface area (Å²) in [6.07, 6.45) is 7.16. The van der Waals surface area contributed by atoms with E-state index < -0.39 is 23.7 Å². The predicted molar refractivity (Wildman–Crippen MR) is 65.4 cm³/mol. The van der Waals surface area contributed by atoms with Gasteiger partial charge in [-0.1, -0.05) is 0 Å². The minimum absolute atomic E-state index is 0.0123. The normalized spacial score (nSPS) is 30.0. The van der Waals surface area contributed by atoms with E-state index in [0.29, 0.717) is 5.92 Å². The predicted octanol–water partition coefficient (Wildman–Crippen LogP) is 0.453. The van der Waals surface area contributed by atoms with Gasteiger partial charge in [0, 0.05) is 0 Å². The molecule has 0 aromatic rings. The third-order valence-electron chi connectivity index (χ3n) is 2.15. The van der Waals surface area contributed by atoms with E-state index in [4.69, 9.17) is 3.07 Å². The average molecular weight is 455 g/mol. The molecule has 1 aliphatic carbocycles.